The molecule has 0 unspecified atom stereocenters. The van der Waals surface area contributed by atoms with Gasteiger partial charge in [-0.2, -0.15) is 0 Å². The van der Waals surface area contributed by atoms with Gasteiger partial charge in [-0.25, -0.2) is 4.98 Å². The van der Waals surface area contributed by atoms with Crippen LogP contribution in [-0.2, 0) is 6.54 Å². The minimum Gasteiger partial charge on any atom is -0.348 e. The number of hydrogen-bond donors (Lipinski definition) is 2. The molecule has 1 aliphatic rings. The SMILES string of the molecule is Cl.Cl.Clc1ccc(CNCC[C@@H]2C[C@@H]2c2cnc[nH]2)cc1. The first-order valence-corrected chi connectivity index (χ1v) is 7.14. The van der Waals surface area contributed by atoms with Crippen molar-refractivity contribution in [2.75, 3.05) is 6.54 Å². The van der Waals surface area contributed by atoms with E-state index in [1.807, 2.05) is 18.3 Å². The van der Waals surface area contributed by atoms with Crippen molar-refractivity contribution in [2.45, 2.75) is 25.3 Å². The molecule has 1 aromatic heterocycles. The normalized spacial score (nSPS) is 19.5. The van der Waals surface area contributed by atoms with Gasteiger partial charge in [0.25, 0.3) is 0 Å². The maximum Gasteiger partial charge on any atom is 0.0921 e. The van der Waals surface area contributed by atoms with Crippen molar-refractivity contribution < 1.29 is 0 Å². The Hall–Kier alpha value is -0.740. The highest BCUT2D eigenvalue weighted by molar-refractivity contribution is 6.30. The molecule has 0 aliphatic heterocycles. The van der Waals surface area contributed by atoms with Gasteiger partial charge in [-0.1, -0.05) is 23.7 Å². The van der Waals surface area contributed by atoms with Gasteiger partial charge in [-0.15, -0.1) is 24.8 Å². The van der Waals surface area contributed by atoms with Gasteiger partial charge < -0.3 is 10.3 Å². The lowest BCUT2D eigenvalue weighted by Gasteiger charge is -2.04. The zero-order chi connectivity index (χ0) is 13.1. The molecule has 1 heterocycles. The summed E-state index contributed by atoms with van der Waals surface area (Å²) in [7, 11) is 0. The van der Waals surface area contributed by atoms with Crippen molar-refractivity contribution in [3.63, 3.8) is 0 Å². The monoisotopic (exact) mass is 347 g/mol. The third kappa shape index (κ3) is 5.19. The lowest BCUT2D eigenvalue weighted by atomic mass is 10.2. The van der Waals surface area contributed by atoms with Crippen LogP contribution in [0.25, 0.3) is 0 Å². The van der Waals surface area contributed by atoms with Crippen molar-refractivity contribution in [2.24, 2.45) is 5.92 Å². The van der Waals surface area contributed by atoms with Crippen LogP contribution in [0.5, 0.6) is 0 Å². The van der Waals surface area contributed by atoms with Crippen LogP contribution >= 0.6 is 36.4 Å². The zero-order valence-corrected chi connectivity index (χ0v) is 14.0. The first kappa shape index (κ1) is 18.3. The average molecular weight is 349 g/mol. The second-order valence-corrected chi connectivity index (χ2v) is 5.64. The van der Waals surface area contributed by atoms with E-state index in [1.54, 1.807) is 6.33 Å². The topological polar surface area (TPSA) is 40.7 Å². The van der Waals surface area contributed by atoms with Crippen LogP contribution in [0.15, 0.2) is 36.8 Å². The van der Waals surface area contributed by atoms with Gasteiger partial charge in [0.2, 0.25) is 0 Å². The van der Waals surface area contributed by atoms with Gasteiger partial charge in [0.05, 0.1) is 6.33 Å². The number of nitrogens with zero attached hydrogens (tertiary/aromatic N) is 1. The van der Waals surface area contributed by atoms with Gasteiger partial charge in [0.15, 0.2) is 0 Å². The molecule has 2 atom stereocenters. The maximum absolute atomic E-state index is 5.86. The quantitative estimate of drug-likeness (QED) is 0.768. The Balaban J connectivity index is 0.00000110. The summed E-state index contributed by atoms with van der Waals surface area (Å²) >= 11 is 5.86. The van der Waals surface area contributed by atoms with E-state index in [0.29, 0.717) is 5.92 Å². The van der Waals surface area contributed by atoms with E-state index in [-0.39, 0.29) is 24.8 Å². The van der Waals surface area contributed by atoms with E-state index < -0.39 is 0 Å². The van der Waals surface area contributed by atoms with Crippen LogP contribution in [0, 0.1) is 5.92 Å². The van der Waals surface area contributed by atoms with Gasteiger partial charge >= 0.3 is 0 Å². The molecule has 1 aliphatic carbocycles. The van der Waals surface area contributed by atoms with E-state index >= 15 is 0 Å². The highest BCUT2D eigenvalue weighted by atomic mass is 35.5. The Kier molecular flexibility index (Phi) is 7.53. The molecule has 2 aromatic rings. The summed E-state index contributed by atoms with van der Waals surface area (Å²) in [6, 6.07) is 8.02. The van der Waals surface area contributed by atoms with Gasteiger partial charge in [-0.3, -0.25) is 0 Å². The smallest absolute Gasteiger partial charge is 0.0921 e. The number of halogens is 3. The van der Waals surface area contributed by atoms with Gasteiger partial charge in [0, 0.05) is 29.4 Å². The van der Waals surface area contributed by atoms with Gasteiger partial charge in [0.1, 0.15) is 0 Å². The molecule has 6 heteroatoms. The fraction of sp³-hybridized carbons (Fsp3) is 0.400. The van der Waals surface area contributed by atoms with Crippen LogP contribution < -0.4 is 5.32 Å². The second-order valence-electron chi connectivity index (χ2n) is 5.20. The second kappa shape index (κ2) is 8.64. The molecule has 116 valence electrons. The predicted molar refractivity (Wildman–Crippen MR) is 91.7 cm³/mol. The van der Waals surface area contributed by atoms with Crippen LogP contribution in [0.4, 0.5) is 0 Å². The Morgan fingerprint density at radius 3 is 2.67 bits per heavy atom. The Morgan fingerprint density at radius 1 is 1.24 bits per heavy atom. The molecule has 0 radical (unpaired) electrons. The van der Waals surface area contributed by atoms with Crippen molar-refractivity contribution in [3.05, 3.63) is 53.1 Å². The lowest BCUT2D eigenvalue weighted by Crippen LogP contribution is -2.15. The fourth-order valence-electron chi connectivity index (χ4n) is 2.54. The highest BCUT2D eigenvalue weighted by Crippen LogP contribution is 2.48. The Morgan fingerprint density at radius 2 is 2.00 bits per heavy atom. The first-order chi connectivity index (χ1) is 9.33. The van der Waals surface area contributed by atoms with Crippen LogP contribution in [0.1, 0.15) is 30.0 Å². The molecular weight excluding hydrogens is 329 g/mol. The number of hydrogen-bond acceptors (Lipinski definition) is 2. The lowest BCUT2D eigenvalue weighted by molar-refractivity contribution is 0.602. The number of benzene rings is 1. The summed E-state index contributed by atoms with van der Waals surface area (Å²) < 4.78 is 0. The maximum atomic E-state index is 5.86. The summed E-state index contributed by atoms with van der Waals surface area (Å²) in [5.74, 6) is 1.53. The summed E-state index contributed by atoms with van der Waals surface area (Å²) in [5, 5.41) is 4.28. The standard InChI is InChI=1S/C15H18ClN3.2ClH/c16-13-3-1-11(2-4-13)8-17-6-5-12-7-14(12)15-9-18-10-19-15;;/h1-4,9-10,12,14,17H,5-8H2,(H,18,19);2*1H/t12-,14+;;/m1../s1. The van der Waals surface area contributed by atoms with Crippen molar-refractivity contribution in [3.8, 4) is 0 Å². The molecule has 0 bridgehead atoms. The molecule has 2 N–H and O–H groups in total. The molecule has 1 fully saturated rings. The van der Waals surface area contributed by atoms with E-state index in [0.717, 1.165) is 24.0 Å². The first-order valence-electron chi connectivity index (χ1n) is 6.76. The molecular formula is C15H20Cl3N3. The largest absolute Gasteiger partial charge is 0.348 e. The summed E-state index contributed by atoms with van der Waals surface area (Å²) in [6.45, 7) is 1.98. The molecule has 0 spiro atoms. The number of H-pyrrole nitrogens is 1. The molecule has 3 rings (SSSR count). The number of nitrogens with one attached hydrogen (secondary N) is 2. The molecule has 3 nitrogen and oxygen atoms in total. The van der Waals surface area contributed by atoms with Crippen LogP contribution in [0.2, 0.25) is 5.02 Å². The summed E-state index contributed by atoms with van der Waals surface area (Å²) in [6.07, 6.45) is 6.25. The van der Waals surface area contributed by atoms with E-state index in [1.165, 1.54) is 24.1 Å². The van der Waals surface area contributed by atoms with Crippen LogP contribution in [0.3, 0.4) is 0 Å². The number of rotatable bonds is 6. The van der Waals surface area contributed by atoms with E-state index in [4.69, 9.17) is 11.6 Å². The fourth-order valence-corrected chi connectivity index (χ4v) is 2.67. The van der Waals surface area contributed by atoms with Crippen molar-refractivity contribution >= 4 is 36.4 Å². The molecule has 1 aromatic carbocycles. The zero-order valence-electron chi connectivity index (χ0n) is 11.6. The number of aromatic amines is 1. The van der Waals surface area contributed by atoms with Crippen LogP contribution in [-0.4, -0.2) is 16.5 Å². The highest BCUT2D eigenvalue weighted by Gasteiger charge is 2.38. The van der Waals surface area contributed by atoms with Gasteiger partial charge in [-0.05, 0) is 43.0 Å². The van der Waals surface area contributed by atoms with E-state index in [9.17, 15) is 0 Å². The average Bonchev–Trinajstić information content (AvgIpc) is 2.98. The summed E-state index contributed by atoms with van der Waals surface area (Å²) in [4.78, 5) is 7.29. The van der Waals surface area contributed by atoms with Crippen molar-refractivity contribution in [1.82, 2.24) is 15.3 Å². The minimum absolute atomic E-state index is 0. The third-order valence-corrected chi connectivity index (χ3v) is 4.03. The Bertz CT molecular complexity index is 513. The van der Waals surface area contributed by atoms with E-state index in [2.05, 4.69) is 27.4 Å². The van der Waals surface area contributed by atoms with Crippen molar-refractivity contribution in [1.29, 1.82) is 0 Å². The molecule has 0 saturated heterocycles. The third-order valence-electron chi connectivity index (χ3n) is 3.78. The number of imidazole rings is 1. The summed E-state index contributed by atoms with van der Waals surface area (Å²) in [5.41, 5.74) is 2.58. The predicted octanol–water partition coefficient (Wildman–Crippen LogP) is 4.19. The molecule has 1 saturated carbocycles. The minimum atomic E-state index is 0. The number of aromatic nitrogens is 2. The molecule has 0 amide bonds. The Labute approximate surface area is 142 Å². The molecule has 21 heavy (non-hydrogen) atoms.